The van der Waals surface area contributed by atoms with Crippen molar-refractivity contribution in [3.8, 4) is 11.1 Å². The second-order valence-electron chi connectivity index (χ2n) is 5.20. The third-order valence-corrected chi connectivity index (χ3v) is 3.76. The Morgan fingerprint density at radius 1 is 1.00 bits per heavy atom. The van der Waals surface area contributed by atoms with E-state index in [4.69, 9.17) is 0 Å². The topological polar surface area (TPSA) is 41.5 Å². The van der Waals surface area contributed by atoms with E-state index in [2.05, 4.69) is 10.5 Å². The third-order valence-electron chi connectivity index (χ3n) is 3.76. The molecule has 3 rings (SSSR count). The number of carbonyl (C=O) groups excluding carboxylic acids is 1. The molecule has 1 aliphatic heterocycles. The molecule has 0 atom stereocenters. The lowest BCUT2D eigenvalue weighted by atomic mass is 9.94. The van der Waals surface area contributed by atoms with Crippen LogP contribution in [-0.2, 0) is 4.79 Å². The summed E-state index contributed by atoms with van der Waals surface area (Å²) in [5.74, 6) is -0.849. The summed E-state index contributed by atoms with van der Waals surface area (Å²) < 4.78 is 27.6. The molecule has 0 saturated carbocycles. The first kappa shape index (κ1) is 14.4. The Balaban J connectivity index is 2.02. The van der Waals surface area contributed by atoms with E-state index >= 15 is 0 Å². The molecule has 0 radical (unpaired) electrons. The van der Waals surface area contributed by atoms with Crippen molar-refractivity contribution in [3.05, 3.63) is 59.2 Å². The maximum Gasteiger partial charge on any atom is 0.240 e. The highest BCUT2D eigenvalue weighted by Crippen LogP contribution is 2.28. The molecule has 2 aromatic carbocycles. The highest BCUT2D eigenvalue weighted by molar-refractivity contribution is 6.05. The van der Waals surface area contributed by atoms with Crippen molar-refractivity contribution in [3.63, 3.8) is 0 Å². The van der Waals surface area contributed by atoms with Crippen LogP contribution in [0.4, 0.5) is 8.78 Å². The molecule has 5 heteroatoms. The molecule has 0 aromatic heterocycles. The normalized spacial score (nSPS) is 14.5. The molecule has 0 unspecified atom stereocenters. The minimum Gasteiger partial charge on any atom is -0.273 e. The van der Waals surface area contributed by atoms with Crippen LogP contribution in [0.15, 0.2) is 41.5 Å². The fourth-order valence-electron chi connectivity index (χ4n) is 2.52. The summed E-state index contributed by atoms with van der Waals surface area (Å²) in [4.78, 5) is 11.1. The number of halogens is 2. The van der Waals surface area contributed by atoms with Gasteiger partial charge in [0.25, 0.3) is 0 Å². The summed E-state index contributed by atoms with van der Waals surface area (Å²) in [6.07, 6.45) is 0.835. The van der Waals surface area contributed by atoms with E-state index in [0.29, 0.717) is 40.8 Å². The van der Waals surface area contributed by atoms with E-state index in [-0.39, 0.29) is 17.5 Å². The van der Waals surface area contributed by atoms with Crippen LogP contribution in [0.25, 0.3) is 11.1 Å². The standard InChI is InChI=1S/C17H14F2N2O/c1-10-13(15-8-9-16(22)21-20-15)6-7-14(17(10)19)11-2-4-12(18)5-3-11/h2-7H,8-9H2,1H3,(H,21,22). The van der Waals surface area contributed by atoms with Crippen LogP contribution < -0.4 is 5.43 Å². The maximum atomic E-state index is 14.6. The van der Waals surface area contributed by atoms with Gasteiger partial charge in [-0.2, -0.15) is 5.10 Å². The zero-order valence-electron chi connectivity index (χ0n) is 12.0. The average molecular weight is 300 g/mol. The number of hydrazone groups is 1. The van der Waals surface area contributed by atoms with Crippen molar-refractivity contribution in [1.82, 2.24) is 5.43 Å². The summed E-state index contributed by atoms with van der Waals surface area (Å²) in [5, 5.41) is 4.00. The molecule has 3 nitrogen and oxygen atoms in total. The number of nitrogens with zero attached hydrogens (tertiary/aromatic N) is 1. The molecule has 0 saturated heterocycles. The van der Waals surface area contributed by atoms with E-state index < -0.39 is 0 Å². The first-order valence-corrected chi connectivity index (χ1v) is 6.97. The molecular weight excluding hydrogens is 286 g/mol. The smallest absolute Gasteiger partial charge is 0.240 e. The number of hydrogen-bond donors (Lipinski definition) is 1. The number of rotatable bonds is 2. The molecule has 1 N–H and O–H groups in total. The fraction of sp³-hybridized carbons (Fsp3) is 0.176. The second-order valence-corrected chi connectivity index (χ2v) is 5.20. The van der Waals surface area contributed by atoms with Gasteiger partial charge >= 0.3 is 0 Å². The Morgan fingerprint density at radius 3 is 2.32 bits per heavy atom. The lowest BCUT2D eigenvalue weighted by Crippen LogP contribution is -2.26. The van der Waals surface area contributed by atoms with Crippen molar-refractivity contribution in [2.45, 2.75) is 19.8 Å². The average Bonchev–Trinajstić information content (AvgIpc) is 2.52. The van der Waals surface area contributed by atoms with Gasteiger partial charge in [-0.15, -0.1) is 0 Å². The molecular formula is C17H14F2N2O. The van der Waals surface area contributed by atoms with E-state index in [1.807, 2.05) is 0 Å². The Labute approximate surface area is 126 Å². The first-order chi connectivity index (χ1) is 10.6. The summed E-state index contributed by atoms with van der Waals surface area (Å²) in [7, 11) is 0. The van der Waals surface area contributed by atoms with E-state index in [1.165, 1.54) is 12.1 Å². The lowest BCUT2D eigenvalue weighted by Gasteiger charge is -2.16. The Kier molecular flexibility index (Phi) is 3.71. The third kappa shape index (κ3) is 2.62. The van der Waals surface area contributed by atoms with Crippen LogP contribution in [0.5, 0.6) is 0 Å². The zero-order valence-corrected chi connectivity index (χ0v) is 12.0. The van der Waals surface area contributed by atoms with Crippen LogP contribution in [0, 0.1) is 18.6 Å². The molecule has 0 fully saturated rings. The van der Waals surface area contributed by atoms with Gasteiger partial charge in [0.05, 0.1) is 5.71 Å². The number of amides is 1. The van der Waals surface area contributed by atoms with Crippen LogP contribution in [-0.4, -0.2) is 11.6 Å². The number of carbonyl (C=O) groups is 1. The van der Waals surface area contributed by atoms with Crippen molar-refractivity contribution >= 4 is 11.6 Å². The minimum atomic E-state index is -0.358. The second kappa shape index (κ2) is 5.67. The van der Waals surface area contributed by atoms with E-state index in [0.717, 1.165) is 0 Å². The van der Waals surface area contributed by atoms with Gasteiger partial charge in [-0.05, 0) is 30.2 Å². The van der Waals surface area contributed by atoms with Gasteiger partial charge in [-0.3, -0.25) is 4.79 Å². The molecule has 22 heavy (non-hydrogen) atoms. The fourth-order valence-corrected chi connectivity index (χ4v) is 2.52. The Morgan fingerprint density at radius 2 is 1.68 bits per heavy atom. The van der Waals surface area contributed by atoms with Crippen LogP contribution in [0.1, 0.15) is 24.0 Å². The maximum absolute atomic E-state index is 14.6. The number of hydrogen-bond acceptors (Lipinski definition) is 2. The summed E-state index contributed by atoms with van der Waals surface area (Å²) >= 11 is 0. The zero-order chi connectivity index (χ0) is 15.7. The summed E-state index contributed by atoms with van der Waals surface area (Å²) in [5.41, 5.74) is 5.27. The predicted molar refractivity (Wildman–Crippen MR) is 80.4 cm³/mol. The van der Waals surface area contributed by atoms with Crippen LogP contribution in [0.3, 0.4) is 0 Å². The van der Waals surface area contributed by atoms with E-state index in [9.17, 15) is 13.6 Å². The number of nitrogens with one attached hydrogen (secondary N) is 1. The first-order valence-electron chi connectivity index (χ1n) is 6.97. The summed E-state index contributed by atoms with van der Waals surface area (Å²) in [6.45, 7) is 1.68. The van der Waals surface area contributed by atoms with Gasteiger partial charge in [0, 0.05) is 24.0 Å². The molecule has 0 aliphatic carbocycles. The quantitative estimate of drug-likeness (QED) is 0.905. The van der Waals surface area contributed by atoms with Gasteiger partial charge in [0.15, 0.2) is 0 Å². The Bertz CT molecular complexity index is 767. The van der Waals surface area contributed by atoms with Crippen LogP contribution >= 0.6 is 0 Å². The molecule has 112 valence electrons. The minimum absolute atomic E-state index is 0.134. The van der Waals surface area contributed by atoms with Crippen molar-refractivity contribution < 1.29 is 13.6 Å². The van der Waals surface area contributed by atoms with Gasteiger partial charge < -0.3 is 0 Å². The van der Waals surface area contributed by atoms with Crippen molar-refractivity contribution in [1.29, 1.82) is 0 Å². The van der Waals surface area contributed by atoms with Gasteiger partial charge in [-0.1, -0.05) is 24.3 Å². The largest absolute Gasteiger partial charge is 0.273 e. The highest BCUT2D eigenvalue weighted by atomic mass is 19.1. The van der Waals surface area contributed by atoms with Crippen LogP contribution in [0.2, 0.25) is 0 Å². The molecule has 1 heterocycles. The SMILES string of the molecule is Cc1c(C2=NNC(=O)CC2)ccc(-c2ccc(F)cc2)c1F. The number of benzene rings is 2. The summed E-state index contributed by atoms with van der Waals surface area (Å²) in [6, 6.07) is 9.14. The molecule has 1 amide bonds. The van der Waals surface area contributed by atoms with Gasteiger partial charge in [-0.25, -0.2) is 14.2 Å². The predicted octanol–water partition coefficient (Wildman–Crippen LogP) is 3.55. The van der Waals surface area contributed by atoms with Crippen molar-refractivity contribution in [2.75, 3.05) is 0 Å². The van der Waals surface area contributed by atoms with E-state index in [1.54, 1.807) is 31.2 Å². The monoisotopic (exact) mass is 300 g/mol. The van der Waals surface area contributed by atoms with Gasteiger partial charge in [0.1, 0.15) is 11.6 Å². The molecule has 1 aliphatic rings. The van der Waals surface area contributed by atoms with Crippen molar-refractivity contribution in [2.24, 2.45) is 5.10 Å². The lowest BCUT2D eigenvalue weighted by molar-refractivity contribution is -0.121. The molecule has 0 bridgehead atoms. The van der Waals surface area contributed by atoms with Gasteiger partial charge in [0.2, 0.25) is 5.91 Å². The molecule has 2 aromatic rings. The highest BCUT2D eigenvalue weighted by Gasteiger charge is 2.18. The molecule has 0 spiro atoms. The Hall–Kier alpha value is -2.56.